The van der Waals surface area contributed by atoms with Gasteiger partial charge in [0.05, 0.1) is 0 Å². The van der Waals surface area contributed by atoms with Gasteiger partial charge in [-0.2, -0.15) is 0 Å². The highest BCUT2D eigenvalue weighted by Crippen LogP contribution is 2.55. The Morgan fingerprint density at radius 3 is 2.00 bits per heavy atom. The zero-order chi connectivity index (χ0) is 5.49. The quantitative estimate of drug-likeness (QED) is 0.471. The van der Waals surface area contributed by atoms with Crippen molar-refractivity contribution >= 4 is 0 Å². The zero-order valence-corrected chi connectivity index (χ0v) is 5.41. The van der Waals surface area contributed by atoms with Crippen molar-refractivity contribution in [2.24, 2.45) is 5.41 Å². The number of hydrogen-bond donors (Lipinski definition) is 0. The predicted octanol–water partition coefficient (Wildman–Crippen LogP) is 2.40. The molecular weight excluding hydrogens is 84.1 g/mol. The van der Waals surface area contributed by atoms with E-state index in [0.717, 1.165) is 0 Å². The summed E-state index contributed by atoms with van der Waals surface area (Å²) in [5.74, 6) is 1.74. The molecule has 1 radical (unpaired) electrons. The van der Waals surface area contributed by atoms with Gasteiger partial charge in [0, 0.05) is 0 Å². The van der Waals surface area contributed by atoms with E-state index in [2.05, 4.69) is 20.8 Å². The maximum atomic E-state index is 2.31. The van der Waals surface area contributed by atoms with E-state index in [1.54, 1.807) is 5.92 Å². The summed E-state index contributed by atoms with van der Waals surface area (Å²) in [5, 5.41) is 0. The molecule has 0 amide bonds. The summed E-state index contributed by atoms with van der Waals surface area (Å²) in [6.07, 6.45) is 2.68. The summed E-state index contributed by atoms with van der Waals surface area (Å²) in [5.41, 5.74) is 0.634. The standard InChI is InChI=1S/C7H13/c1-4-6-5-7(6,2)3/h4-5H2,1-3H3. The van der Waals surface area contributed by atoms with Crippen LogP contribution in [0.1, 0.15) is 33.6 Å². The molecule has 0 aliphatic heterocycles. The van der Waals surface area contributed by atoms with E-state index in [0.29, 0.717) is 5.41 Å². The SMILES string of the molecule is CC[C]1CC1(C)C. The molecule has 1 rings (SSSR count). The van der Waals surface area contributed by atoms with Crippen molar-refractivity contribution in [3.63, 3.8) is 0 Å². The summed E-state index contributed by atoms with van der Waals surface area (Å²) in [6.45, 7) is 6.86. The predicted molar refractivity (Wildman–Crippen MR) is 31.9 cm³/mol. The first-order valence-electron chi connectivity index (χ1n) is 3.02. The molecule has 0 atom stereocenters. The molecule has 0 spiro atoms. The van der Waals surface area contributed by atoms with Gasteiger partial charge in [-0.15, -0.1) is 0 Å². The zero-order valence-electron chi connectivity index (χ0n) is 5.41. The van der Waals surface area contributed by atoms with Crippen LogP contribution >= 0.6 is 0 Å². The van der Waals surface area contributed by atoms with Gasteiger partial charge in [-0.25, -0.2) is 0 Å². The van der Waals surface area contributed by atoms with Gasteiger partial charge in [-0.3, -0.25) is 0 Å². The minimum Gasteiger partial charge on any atom is -0.0648 e. The van der Waals surface area contributed by atoms with E-state index >= 15 is 0 Å². The van der Waals surface area contributed by atoms with Crippen LogP contribution in [0.3, 0.4) is 0 Å². The van der Waals surface area contributed by atoms with Gasteiger partial charge in [0.2, 0.25) is 0 Å². The second-order valence-electron chi connectivity index (χ2n) is 3.02. The number of hydrogen-bond acceptors (Lipinski definition) is 0. The van der Waals surface area contributed by atoms with Crippen molar-refractivity contribution in [1.82, 2.24) is 0 Å². The Hall–Kier alpha value is 0. The molecule has 0 heterocycles. The fraction of sp³-hybridized carbons (Fsp3) is 0.857. The van der Waals surface area contributed by atoms with E-state index in [-0.39, 0.29) is 0 Å². The van der Waals surface area contributed by atoms with Gasteiger partial charge in [-0.05, 0) is 24.2 Å². The molecule has 0 N–H and O–H groups in total. The van der Waals surface area contributed by atoms with E-state index < -0.39 is 0 Å². The van der Waals surface area contributed by atoms with Crippen LogP contribution in [-0.4, -0.2) is 0 Å². The van der Waals surface area contributed by atoms with Crippen molar-refractivity contribution in [1.29, 1.82) is 0 Å². The third kappa shape index (κ3) is 0.793. The van der Waals surface area contributed by atoms with Crippen LogP contribution in [0, 0.1) is 11.3 Å². The van der Waals surface area contributed by atoms with Gasteiger partial charge >= 0.3 is 0 Å². The minimum atomic E-state index is 0.634. The monoisotopic (exact) mass is 97.1 g/mol. The molecule has 0 nitrogen and oxygen atoms in total. The maximum Gasteiger partial charge on any atom is -0.0182 e. The van der Waals surface area contributed by atoms with Crippen LogP contribution in [0.4, 0.5) is 0 Å². The van der Waals surface area contributed by atoms with Crippen molar-refractivity contribution in [2.75, 3.05) is 0 Å². The van der Waals surface area contributed by atoms with Crippen molar-refractivity contribution < 1.29 is 0 Å². The van der Waals surface area contributed by atoms with Crippen LogP contribution in [-0.2, 0) is 0 Å². The molecule has 0 aromatic heterocycles. The van der Waals surface area contributed by atoms with Crippen LogP contribution < -0.4 is 0 Å². The molecule has 1 aliphatic rings. The molecule has 0 saturated heterocycles. The molecule has 41 valence electrons. The lowest BCUT2D eigenvalue weighted by atomic mass is 10.1. The van der Waals surface area contributed by atoms with Gasteiger partial charge < -0.3 is 0 Å². The third-order valence-electron chi connectivity index (χ3n) is 1.91. The van der Waals surface area contributed by atoms with Gasteiger partial charge in [-0.1, -0.05) is 20.8 Å². The molecule has 1 fully saturated rings. The molecule has 0 unspecified atom stereocenters. The highest BCUT2D eigenvalue weighted by molar-refractivity contribution is 5.19. The fourth-order valence-corrected chi connectivity index (χ4v) is 1.09. The van der Waals surface area contributed by atoms with Gasteiger partial charge in [0.1, 0.15) is 0 Å². The normalized spacial score (nSPS) is 27.9. The Morgan fingerprint density at radius 1 is 1.57 bits per heavy atom. The topological polar surface area (TPSA) is 0 Å². The highest BCUT2D eigenvalue weighted by atomic mass is 14.5. The molecule has 1 saturated carbocycles. The van der Waals surface area contributed by atoms with Crippen molar-refractivity contribution in [3.05, 3.63) is 5.92 Å². The Kier molecular flexibility index (Phi) is 0.911. The Bertz CT molecular complexity index is 72.1. The molecule has 0 aromatic rings. The van der Waals surface area contributed by atoms with E-state index in [9.17, 15) is 0 Å². The van der Waals surface area contributed by atoms with E-state index in [4.69, 9.17) is 0 Å². The minimum absolute atomic E-state index is 0.634. The van der Waals surface area contributed by atoms with Crippen molar-refractivity contribution in [3.8, 4) is 0 Å². The summed E-state index contributed by atoms with van der Waals surface area (Å²) in [4.78, 5) is 0. The third-order valence-corrected chi connectivity index (χ3v) is 1.91. The highest BCUT2D eigenvalue weighted by Gasteiger charge is 2.44. The van der Waals surface area contributed by atoms with Crippen LogP contribution in [0.5, 0.6) is 0 Å². The summed E-state index contributed by atoms with van der Waals surface area (Å²) < 4.78 is 0. The lowest BCUT2D eigenvalue weighted by molar-refractivity contribution is 0.651. The lowest BCUT2D eigenvalue weighted by Gasteiger charge is -1.95. The Morgan fingerprint density at radius 2 is 2.00 bits per heavy atom. The second-order valence-corrected chi connectivity index (χ2v) is 3.02. The lowest BCUT2D eigenvalue weighted by Crippen LogP contribution is -1.84. The van der Waals surface area contributed by atoms with Crippen molar-refractivity contribution in [2.45, 2.75) is 33.6 Å². The first-order chi connectivity index (χ1) is 3.17. The smallest absolute Gasteiger partial charge is 0.0182 e. The molecule has 0 heteroatoms. The molecule has 7 heavy (non-hydrogen) atoms. The Labute approximate surface area is 45.9 Å². The molecular formula is C7H13. The summed E-state index contributed by atoms with van der Waals surface area (Å²) in [7, 11) is 0. The van der Waals surface area contributed by atoms with Crippen LogP contribution in [0.15, 0.2) is 0 Å². The second kappa shape index (κ2) is 1.24. The molecule has 0 aromatic carbocycles. The Balaban J connectivity index is 2.30. The summed E-state index contributed by atoms with van der Waals surface area (Å²) >= 11 is 0. The van der Waals surface area contributed by atoms with E-state index in [1.165, 1.54) is 12.8 Å². The van der Waals surface area contributed by atoms with Crippen LogP contribution in [0.2, 0.25) is 0 Å². The molecule has 0 bridgehead atoms. The first kappa shape index (κ1) is 5.14. The average molecular weight is 97.2 g/mol. The largest absolute Gasteiger partial charge is 0.0648 e. The van der Waals surface area contributed by atoms with Crippen LogP contribution in [0.25, 0.3) is 0 Å². The summed E-state index contributed by atoms with van der Waals surface area (Å²) in [6, 6.07) is 0. The average Bonchev–Trinajstić information content (AvgIpc) is 2.13. The maximum absolute atomic E-state index is 2.31. The molecule has 1 aliphatic carbocycles. The van der Waals surface area contributed by atoms with Gasteiger partial charge in [0.15, 0.2) is 0 Å². The van der Waals surface area contributed by atoms with Gasteiger partial charge in [0.25, 0.3) is 0 Å². The fourth-order valence-electron chi connectivity index (χ4n) is 1.09. The first-order valence-corrected chi connectivity index (χ1v) is 3.02. The van der Waals surface area contributed by atoms with E-state index in [1.807, 2.05) is 0 Å². The number of rotatable bonds is 1.